The van der Waals surface area contributed by atoms with E-state index in [2.05, 4.69) is 41.3 Å². The molecule has 15 heavy (non-hydrogen) atoms. The summed E-state index contributed by atoms with van der Waals surface area (Å²) >= 11 is 0. The summed E-state index contributed by atoms with van der Waals surface area (Å²) < 4.78 is 0. The third-order valence-corrected chi connectivity index (χ3v) is 3.85. The van der Waals surface area contributed by atoms with Gasteiger partial charge in [0.2, 0.25) is 0 Å². The highest BCUT2D eigenvalue weighted by molar-refractivity contribution is 5.92. The number of benzene rings is 1. The lowest BCUT2D eigenvalue weighted by Crippen LogP contribution is -2.30. The molecule has 0 bridgehead atoms. The van der Waals surface area contributed by atoms with Gasteiger partial charge in [-0.2, -0.15) is 0 Å². The molecule has 4 rings (SSSR count). The van der Waals surface area contributed by atoms with Gasteiger partial charge in [-0.15, -0.1) is 0 Å². The second kappa shape index (κ2) is 2.54. The molecule has 1 nitrogen and oxygen atoms in total. The van der Waals surface area contributed by atoms with Crippen molar-refractivity contribution in [3.8, 4) is 0 Å². The number of allylic oxidation sites excluding steroid dienone is 2. The first-order valence-corrected chi connectivity index (χ1v) is 5.71. The molecule has 0 amide bonds. The van der Waals surface area contributed by atoms with Gasteiger partial charge in [-0.3, -0.25) is 0 Å². The molecule has 0 N–H and O–H groups in total. The molecule has 1 unspecified atom stereocenters. The summed E-state index contributed by atoms with van der Waals surface area (Å²) in [5, 5.41) is 0. The van der Waals surface area contributed by atoms with E-state index < -0.39 is 0 Å². The van der Waals surface area contributed by atoms with Gasteiger partial charge < -0.3 is 4.90 Å². The standard InChI is InChI=1S/C14H13N/c1-2-7-13-11(5-1)12-6-3-4-10-8-9-15(13)14(10)12/h1-6,13H,7-9H2. The van der Waals surface area contributed by atoms with Crippen LogP contribution in [0.15, 0.2) is 36.4 Å². The summed E-state index contributed by atoms with van der Waals surface area (Å²) in [7, 11) is 0. The van der Waals surface area contributed by atoms with Crippen molar-refractivity contribution in [3.63, 3.8) is 0 Å². The Morgan fingerprint density at radius 3 is 3.27 bits per heavy atom. The smallest absolute Gasteiger partial charge is 0.0584 e. The number of hydrogen-bond acceptors (Lipinski definition) is 1. The Morgan fingerprint density at radius 2 is 2.27 bits per heavy atom. The molecular formula is C14H13N. The van der Waals surface area contributed by atoms with Crippen LogP contribution in [-0.2, 0) is 6.42 Å². The molecule has 2 heterocycles. The van der Waals surface area contributed by atoms with Crippen molar-refractivity contribution in [1.82, 2.24) is 0 Å². The quantitative estimate of drug-likeness (QED) is 0.615. The van der Waals surface area contributed by atoms with Gasteiger partial charge >= 0.3 is 0 Å². The average molecular weight is 195 g/mol. The molecule has 1 atom stereocenters. The Morgan fingerprint density at radius 1 is 1.27 bits per heavy atom. The predicted molar refractivity (Wildman–Crippen MR) is 63.0 cm³/mol. The summed E-state index contributed by atoms with van der Waals surface area (Å²) in [5.41, 5.74) is 6.09. The number of anilines is 1. The highest BCUT2D eigenvalue weighted by Gasteiger charge is 2.37. The first-order valence-electron chi connectivity index (χ1n) is 5.71. The first-order chi connectivity index (χ1) is 7.45. The van der Waals surface area contributed by atoms with Gasteiger partial charge in [-0.25, -0.2) is 0 Å². The normalized spacial score (nSPS) is 25.2. The minimum absolute atomic E-state index is 0.633. The SMILES string of the molecule is C1=CCC2C(=C1)c1cccc3c1N2CC3. The average Bonchev–Trinajstić information content (AvgIpc) is 2.85. The van der Waals surface area contributed by atoms with Crippen LogP contribution in [0.4, 0.5) is 5.69 Å². The maximum atomic E-state index is 2.60. The Kier molecular flexibility index (Phi) is 1.31. The van der Waals surface area contributed by atoms with Crippen LogP contribution >= 0.6 is 0 Å². The molecule has 2 aliphatic heterocycles. The Balaban J connectivity index is 2.03. The van der Waals surface area contributed by atoms with E-state index in [4.69, 9.17) is 0 Å². The second-order valence-corrected chi connectivity index (χ2v) is 4.56. The Labute approximate surface area is 89.7 Å². The third-order valence-electron chi connectivity index (χ3n) is 3.85. The summed E-state index contributed by atoms with van der Waals surface area (Å²) in [5.74, 6) is 0. The van der Waals surface area contributed by atoms with Crippen molar-refractivity contribution in [2.75, 3.05) is 11.4 Å². The van der Waals surface area contributed by atoms with Crippen LogP contribution < -0.4 is 4.90 Å². The van der Waals surface area contributed by atoms with E-state index in [1.54, 1.807) is 5.56 Å². The molecule has 3 aliphatic rings. The fourth-order valence-electron chi connectivity index (χ4n) is 3.21. The van der Waals surface area contributed by atoms with Crippen molar-refractivity contribution >= 4 is 11.3 Å². The van der Waals surface area contributed by atoms with Crippen LogP contribution in [-0.4, -0.2) is 12.6 Å². The predicted octanol–water partition coefficient (Wildman–Crippen LogP) is 2.77. The van der Waals surface area contributed by atoms with Crippen molar-refractivity contribution in [2.24, 2.45) is 0 Å². The number of rotatable bonds is 0. The van der Waals surface area contributed by atoms with E-state index in [1.165, 1.54) is 36.2 Å². The minimum atomic E-state index is 0.633. The van der Waals surface area contributed by atoms with Crippen LogP contribution in [0.2, 0.25) is 0 Å². The molecule has 0 aromatic heterocycles. The van der Waals surface area contributed by atoms with Crippen LogP contribution in [0.25, 0.3) is 5.57 Å². The molecule has 0 radical (unpaired) electrons. The first kappa shape index (κ1) is 7.75. The van der Waals surface area contributed by atoms with Gasteiger partial charge in [-0.1, -0.05) is 36.4 Å². The molecule has 0 spiro atoms. The van der Waals surface area contributed by atoms with E-state index in [9.17, 15) is 0 Å². The molecule has 74 valence electrons. The molecule has 1 aliphatic carbocycles. The fourth-order valence-corrected chi connectivity index (χ4v) is 3.21. The van der Waals surface area contributed by atoms with Crippen molar-refractivity contribution in [3.05, 3.63) is 47.6 Å². The summed E-state index contributed by atoms with van der Waals surface area (Å²) in [6, 6.07) is 7.40. The number of fused-ring (bicyclic) bond motifs is 3. The monoisotopic (exact) mass is 195 g/mol. The summed E-state index contributed by atoms with van der Waals surface area (Å²) in [6.45, 7) is 1.21. The summed E-state index contributed by atoms with van der Waals surface area (Å²) in [6.07, 6.45) is 9.20. The van der Waals surface area contributed by atoms with E-state index >= 15 is 0 Å². The van der Waals surface area contributed by atoms with Crippen LogP contribution in [0, 0.1) is 0 Å². The molecule has 0 saturated carbocycles. The zero-order valence-electron chi connectivity index (χ0n) is 8.61. The largest absolute Gasteiger partial charge is 0.363 e. The minimum Gasteiger partial charge on any atom is -0.363 e. The van der Waals surface area contributed by atoms with Crippen LogP contribution in [0.5, 0.6) is 0 Å². The zero-order valence-corrected chi connectivity index (χ0v) is 8.61. The molecule has 1 aromatic carbocycles. The lowest BCUT2D eigenvalue weighted by molar-refractivity contribution is 0.744. The lowest BCUT2D eigenvalue weighted by Gasteiger charge is -2.24. The van der Waals surface area contributed by atoms with Gasteiger partial charge in [0.15, 0.2) is 0 Å². The van der Waals surface area contributed by atoms with Crippen molar-refractivity contribution < 1.29 is 0 Å². The lowest BCUT2D eigenvalue weighted by atomic mass is 9.94. The Hall–Kier alpha value is -1.50. The van der Waals surface area contributed by atoms with Crippen LogP contribution in [0.3, 0.4) is 0 Å². The molecule has 1 heteroatoms. The van der Waals surface area contributed by atoms with Crippen molar-refractivity contribution in [2.45, 2.75) is 18.9 Å². The topological polar surface area (TPSA) is 3.24 Å². The fraction of sp³-hybridized carbons (Fsp3) is 0.286. The number of hydrogen-bond donors (Lipinski definition) is 0. The van der Waals surface area contributed by atoms with Crippen molar-refractivity contribution in [1.29, 1.82) is 0 Å². The van der Waals surface area contributed by atoms with Gasteiger partial charge in [0, 0.05) is 17.8 Å². The van der Waals surface area contributed by atoms with Gasteiger partial charge in [0.05, 0.1) is 6.04 Å². The summed E-state index contributed by atoms with van der Waals surface area (Å²) in [4.78, 5) is 2.60. The Bertz CT molecular complexity index is 496. The zero-order chi connectivity index (χ0) is 9.83. The molecule has 1 aromatic rings. The van der Waals surface area contributed by atoms with E-state index in [0.717, 1.165) is 0 Å². The van der Waals surface area contributed by atoms with Crippen LogP contribution in [0.1, 0.15) is 17.5 Å². The maximum Gasteiger partial charge on any atom is 0.0584 e. The van der Waals surface area contributed by atoms with E-state index in [-0.39, 0.29) is 0 Å². The van der Waals surface area contributed by atoms with E-state index in [0.29, 0.717) is 6.04 Å². The van der Waals surface area contributed by atoms with Gasteiger partial charge in [0.25, 0.3) is 0 Å². The number of nitrogens with zero attached hydrogens (tertiary/aromatic N) is 1. The van der Waals surface area contributed by atoms with Gasteiger partial charge in [-0.05, 0) is 24.0 Å². The highest BCUT2D eigenvalue weighted by atomic mass is 15.2. The second-order valence-electron chi connectivity index (χ2n) is 4.56. The highest BCUT2D eigenvalue weighted by Crippen LogP contribution is 2.47. The van der Waals surface area contributed by atoms with E-state index in [1.807, 2.05) is 0 Å². The third kappa shape index (κ3) is 0.840. The number of para-hydroxylation sites is 1. The maximum absolute atomic E-state index is 2.60. The molecule has 0 saturated heterocycles. The molecular weight excluding hydrogens is 182 g/mol. The molecule has 0 fully saturated rings. The van der Waals surface area contributed by atoms with Gasteiger partial charge in [0.1, 0.15) is 0 Å².